The van der Waals surface area contributed by atoms with E-state index >= 15 is 0 Å². The van der Waals surface area contributed by atoms with Gasteiger partial charge in [-0.3, -0.25) is 4.79 Å². The summed E-state index contributed by atoms with van der Waals surface area (Å²) in [6.45, 7) is -2.90. The number of halogens is 2. The van der Waals surface area contributed by atoms with Gasteiger partial charge in [0.1, 0.15) is 5.75 Å². The van der Waals surface area contributed by atoms with Crippen molar-refractivity contribution in [3.8, 4) is 5.75 Å². The molecule has 0 bridgehead atoms. The Kier molecular flexibility index (Phi) is 6.05. The first-order chi connectivity index (χ1) is 11.8. The zero-order valence-corrected chi connectivity index (χ0v) is 14.0. The quantitative estimate of drug-likeness (QED) is 0.782. The number of benzene rings is 2. The Bertz CT molecular complexity index is 857. The largest absolute Gasteiger partial charge is 0.435 e. The van der Waals surface area contributed by atoms with Gasteiger partial charge >= 0.3 is 6.61 Å². The minimum absolute atomic E-state index is 0.0752. The van der Waals surface area contributed by atoms with Gasteiger partial charge < -0.3 is 10.1 Å². The number of sulfonamides is 1. The molecule has 0 aliphatic carbocycles. The molecule has 0 radical (unpaired) electrons. The van der Waals surface area contributed by atoms with E-state index in [0.29, 0.717) is 5.56 Å². The van der Waals surface area contributed by atoms with Crippen LogP contribution < -0.4 is 14.8 Å². The van der Waals surface area contributed by atoms with Crippen LogP contribution in [0.15, 0.2) is 53.4 Å². The van der Waals surface area contributed by atoms with Crippen molar-refractivity contribution in [2.75, 3.05) is 7.05 Å². The fourth-order valence-electron chi connectivity index (χ4n) is 2.04. The Balaban J connectivity index is 2.07. The smallest absolute Gasteiger partial charge is 0.387 e. The lowest BCUT2D eigenvalue weighted by Gasteiger charge is -2.09. The fraction of sp³-hybridized carbons (Fsp3) is 0.188. The lowest BCUT2D eigenvalue weighted by molar-refractivity contribution is -0.0498. The number of rotatable bonds is 7. The topological polar surface area (TPSA) is 84.5 Å². The molecule has 0 aliphatic rings. The van der Waals surface area contributed by atoms with E-state index in [1.807, 2.05) is 0 Å². The van der Waals surface area contributed by atoms with Crippen LogP contribution in [-0.2, 0) is 16.6 Å². The number of alkyl halides is 2. The molecular formula is C16H16F2N2O4S. The summed E-state index contributed by atoms with van der Waals surface area (Å²) in [5.41, 5.74) is 0.724. The number of hydrogen-bond acceptors (Lipinski definition) is 4. The van der Waals surface area contributed by atoms with Crippen LogP contribution in [-0.4, -0.2) is 28.0 Å². The van der Waals surface area contributed by atoms with Crippen molar-refractivity contribution >= 4 is 15.9 Å². The molecule has 0 unspecified atom stereocenters. The molecule has 0 fully saturated rings. The third-order valence-electron chi connectivity index (χ3n) is 3.25. The van der Waals surface area contributed by atoms with Gasteiger partial charge in [-0.05, 0) is 42.9 Å². The highest BCUT2D eigenvalue weighted by molar-refractivity contribution is 7.89. The van der Waals surface area contributed by atoms with E-state index < -0.39 is 22.5 Å². The molecule has 0 heterocycles. The first kappa shape index (κ1) is 18.8. The summed E-state index contributed by atoms with van der Waals surface area (Å²) in [4.78, 5) is 12.2. The van der Waals surface area contributed by atoms with Crippen molar-refractivity contribution in [1.29, 1.82) is 0 Å². The summed E-state index contributed by atoms with van der Waals surface area (Å²) < 4.78 is 54.4. The summed E-state index contributed by atoms with van der Waals surface area (Å²) in [6, 6.07) is 11.5. The van der Waals surface area contributed by atoms with Gasteiger partial charge in [-0.25, -0.2) is 13.1 Å². The second-order valence-electron chi connectivity index (χ2n) is 4.94. The average Bonchev–Trinajstić information content (AvgIpc) is 2.59. The van der Waals surface area contributed by atoms with Crippen LogP contribution in [0.4, 0.5) is 8.78 Å². The zero-order valence-electron chi connectivity index (χ0n) is 13.2. The lowest BCUT2D eigenvalue weighted by Crippen LogP contribution is -2.23. The minimum atomic E-state index is -3.58. The third kappa shape index (κ3) is 5.23. The first-order valence-corrected chi connectivity index (χ1v) is 8.65. The monoisotopic (exact) mass is 370 g/mol. The zero-order chi connectivity index (χ0) is 18.4. The van der Waals surface area contributed by atoms with E-state index in [2.05, 4.69) is 14.8 Å². The van der Waals surface area contributed by atoms with Crippen molar-refractivity contribution < 1.29 is 26.7 Å². The van der Waals surface area contributed by atoms with E-state index in [0.717, 1.165) is 0 Å². The van der Waals surface area contributed by atoms with E-state index in [9.17, 15) is 22.0 Å². The van der Waals surface area contributed by atoms with Crippen LogP contribution in [0.1, 0.15) is 15.9 Å². The van der Waals surface area contributed by atoms with Crippen molar-refractivity contribution in [1.82, 2.24) is 10.0 Å². The third-order valence-corrected chi connectivity index (χ3v) is 4.66. The normalized spacial score (nSPS) is 11.4. The maximum Gasteiger partial charge on any atom is 0.387 e. The molecule has 9 heteroatoms. The maximum absolute atomic E-state index is 12.2. The number of amides is 1. The Morgan fingerprint density at radius 1 is 1.16 bits per heavy atom. The summed E-state index contributed by atoms with van der Waals surface area (Å²) >= 11 is 0. The second kappa shape index (κ2) is 8.04. The fourth-order valence-corrected chi connectivity index (χ4v) is 2.84. The molecule has 0 spiro atoms. The molecule has 25 heavy (non-hydrogen) atoms. The van der Waals surface area contributed by atoms with Crippen molar-refractivity contribution in [2.24, 2.45) is 0 Å². The van der Waals surface area contributed by atoms with E-state index in [1.165, 1.54) is 43.4 Å². The van der Waals surface area contributed by atoms with E-state index in [4.69, 9.17) is 0 Å². The molecule has 0 aliphatic heterocycles. The molecule has 0 atom stereocenters. The van der Waals surface area contributed by atoms with Gasteiger partial charge in [-0.15, -0.1) is 0 Å². The van der Waals surface area contributed by atoms with Crippen LogP contribution >= 0.6 is 0 Å². The number of carbonyl (C=O) groups excluding carboxylic acids is 1. The Morgan fingerprint density at radius 2 is 1.88 bits per heavy atom. The maximum atomic E-state index is 12.2. The van der Waals surface area contributed by atoms with Crippen LogP contribution in [0.25, 0.3) is 0 Å². The van der Waals surface area contributed by atoms with Crippen LogP contribution in [0, 0.1) is 0 Å². The van der Waals surface area contributed by atoms with Crippen molar-refractivity contribution in [3.05, 3.63) is 59.7 Å². The van der Waals surface area contributed by atoms with Gasteiger partial charge in [-0.1, -0.05) is 18.2 Å². The van der Waals surface area contributed by atoms with Crippen molar-refractivity contribution in [3.63, 3.8) is 0 Å². The Labute approximate surface area is 143 Å². The molecule has 2 rings (SSSR count). The van der Waals surface area contributed by atoms with E-state index in [1.54, 1.807) is 12.1 Å². The second-order valence-corrected chi connectivity index (χ2v) is 6.83. The number of nitrogens with one attached hydrogen (secondary N) is 2. The Morgan fingerprint density at radius 3 is 2.56 bits per heavy atom. The molecule has 0 saturated heterocycles. The molecule has 2 aromatic rings. The number of carbonyl (C=O) groups is 1. The highest BCUT2D eigenvalue weighted by Gasteiger charge is 2.12. The van der Waals surface area contributed by atoms with Gasteiger partial charge in [-0.2, -0.15) is 8.78 Å². The molecule has 2 aromatic carbocycles. The SMILES string of the molecule is CNS(=O)(=O)c1cccc(CNC(=O)c2cccc(OC(F)F)c2)c1. The van der Waals surface area contributed by atoms with E-state index in [-0.39, 0.29) is 22.8 Å². The average molecular weight is 370 g/mol. The van der Waals surface area contributed by atoms with Gasteiger partial charge in [0.05, 0.1) is 4.90 Å². The summed E-state index contributed by atoms with van der Waals surface area (Å²) in [6.07, 6.45) is 0. The lowest BCUT2D eigenvalue weighted by atomic mass is 10.2. The first-order valence-electron chi connectivity index (χ1n) is 7.17. The molecule has 0 saturated carbocycles. The molecule has 6 nitrogen and oxygen atoms in total. The van der Waals surface area contributed by atoms with Crippen LogP contribution in [0.2, 0.25) is 0 Å². The highest BCUT2D eigenvalue weighted by atomic mass is 32.2. The van der Waals surface area contributed by atoms with Crippen molar-refractivity contribution in [2.45, 2.75) is 18.1 Å². The molecule has 2 N–H and O–H groups in total. The van der Waals surface area contributed by atoms with Gasteiger partial charge in [0.2, 0.25) is 10.0 Å². The molecule has 1 amide bonds. The Hall–Kier alpha value is -2.52. The predicted octanol–water partition coefficient (Wildman–Crippen LogP) is 2.13. The molecule has 0 aromatic heterocycles. The molecule has 134 valence electrons. The summed E-state index contributed by atoms with van der Waals surface area (Å²) in [7, 11) is -2.28. The summed E-state index contributed by atoms with van der Waals surface area (Å²) in [5, 5.41) is 2.60. The predicted molar refractivity (Wildman–Crippen MR) is 86.9 cm³/mol. The van der Waals surface area contributed by atoms with Gasteiger partial charge in [0, 0.05) is 12.1 Å². The molecular weight excluding hydrogens is 354 g/mol. The van der Waals surface area contributed by atoms with Crippen LogP contribution in [0.5, 0.6) is 5.75 Å². The van der Waals surface area contributed by atoms with Gasteiger partial charge in [0.15, 0.2) is 0 Å². The highest BCUT2D eigenvalue weighted by Crippen LogP contribution is 2.16. The minimum Gasteiger partial charge on any atom is -0.435 e. The summed E-state index contributed by atoms with van der Waals surface area (Å²) in [5.74, 6) is -0.619. The number of ether oxygens (including phenoxy) is 1. The standard InChI is InChI=1S/C16H16F2N2O4S/c1-19-25(22,23)14-7-2-4-11(8-14)10-20-15(21)12-5-3-6-13(9-12)24-16(17)18/h2-9,16,19H,10H2,1H3,(H,20,21). The van der Waals surface area contributed by atoms with Gasteiger partial charge in [0.25, 0.3) is 5.91 Å². The number of hydrogen-bond donors (Lipinski definition) is 2. The van der Waals surface area contributed by atoms with Crippen LogP contribution in [0.3, 0.4) is 0 Å².